The highest BCUT2D eigenvalue weighted by atomic mass is 16.6. The first-order valence-corrected chi connectivity index (χ1v) is 11.0. The van der Waals surface area contributed by atoms with E-state index in [0.29, 0.717) is 24.7 Å². The molecule has 1 aliphatic rings. The second kappa shape index (κ2) is 9.78. The monoisotopic (exact) mass is 429 g/mol. The van der Waals surface area contributed by atoms with Crippen LogP contribution in [0.1, 0.15) is 67.8 Å². The lowest BCUT2D eigenvalue weighted by Gasteiger charge is -2.39. The number of nitrogens with zero attached hydrogens (tertiary/aromatic N) is 4. The van der Waals surface area contributed by atoms with Crippen LogP contribution in [0.15, 0.2) is 16.5 Å². The number of aryl methyl sites for hydroxylation is 1. The van der Waals surface area contributed by atoms with E-state index in [-0.39, 0.29) is 24.3 Å². The number of carbonyl (C=O) groups excluding carboxylic acids is 1. The van der Waals surface area contributed by atoms with Gasteiger partial charge in [-0.25, -0.2) is 4.79 Å². The molecule has 1 saturated heterocycles. The molecule has 1 fully saturated rings. The normalized spacial score (nSPS) is 18.5. The van der Waals surface area contributed by atoms with Crippen molar-refractivity contribution in [2.45, 2.75) is 72.7 Å². The van der Waals surface area contributed by atoms with Crippen LogP contribution in [-0.2, 0) is 17.7 Å². The van der Waals surface area contributed by atoms with Gasteiger partial charge < -0.3 is 19.8 Å². The molecule has 1 aromatic heterocycles. The molecule has 0 unspecified atom stereocenters. The van der Waals surface area contributed by atoms with E-state index in [0.717, 1.165) is 19.6 Å². The van der Waals surface area contributed by atoms with E-state index in [9.17, 15) is 4.79 Å². The topological polar surface area (TPSA) is 97.7 Å². The third-order valence-corrected chi connectivity index (χ3v) is 5.66. The van der Waals surface area contributed by atoms with E-state index in [4.69, 9.17) is 14.9 Å². The van der Waals surface area contributed by atoms with Gasteiger partial charge in [-0.3, -0.25) is 4.90 Å². The minimum absolute atomic E-state index is 0.103. The summed E-state index contributed by atoms with van der Waals surface area (Å²) in [5, 5.41) is 8.18. The van der Waals surface area contributed by atoms with Crippen LogP contribution in [0.2, 0.25) is 0 Å². The van der Waals surface area contributed by atoms with Crippen LogP contribution >= 0.6 is 0 Å². The quantitative estimate of drug-likeness (QED) is 0.752. The molecular formula is C23H35N5O3. The second-order valence-corrected chi connectivity index (χ2v) is 8.92. The number of hydrogen-bond acceptors (Lipinski definition) is 7. The Kier molecular flexibility index (Phi) is 7.33. The zero-order valence-corrected chi connectivity index (χ0v) is 19.5. The molecule has 1 aliphatic heterocycles. The number of nitrogens with two attached hydrogens (primary N) is 1. The van der Waals surface area contributed by atoms with Gasteiger partial charge in [0.05, 0.1) is 18.6 Å². The third-order valence-electron chi connectivity index (χ3n) is 5.66. The van der Waals surface area contributed by atoms with Crippen LogP contribution in [0.5, 0.6) is 0 Å². The van der Waals surface area contributed by atoms with Gasteiger partial charge >= 0.3 is 6.09 Å². The SMILES string of the molecule is Cc1cc(Cc2nnc([C@@H](C)N)o2)c(C)c(CN2CCN(C(=O)OC(C)C)[C@@H](C)C2)c1. The number of aromatic nitrogens is 2. The predicted octanol–water partition coefficient (Wildman–Crippen LogP) is 3.35. The molecule has 2 N–H and O–H groups in total. The molecule has 2 aromatic rings. The van der Waals surface area contributed by atoms with Crippen molar-refractivity contribution in [2.75, 3.05) is 19.6 Å². The molecule has 0 bridgehead atoms. The van der Waals surface area contributed by atoms with Gasteiger partial charge in [-0.2, -0.15) is 0 Å². The maximum atomic E-state index is 12.3. The number of benzene rings is 1. The Bertz CT molecular complexity index is 909. The number of ether oxygens (including phenoxy) is 1. The zero-order chi connectivity index (χ0) is 22.7. The first-order chi connectivity index (χ1) is 14.6. The Hall–Kier alpha value is -2.45. The molecular weight excluding hydrogens is 394 g/mol. The van der Waals surface area contributed by atoms with Crippen molar-refractivity contribution in [1.82, 2.24) is 20.0 Å². The van der Waals surface area contributed by atoms with Crippen LogP contribution < -0.4 is 5.73 Å². The summed E-state index contributed by atoms with van der Waals surface area (Å²) in [6.07, 6.45) is 0.266. The summed E-state index contributed by atoms with van der Waals surface area (Å²) in [6, 6.07) is 4.26. The summed E-state index contributed by atoms with van der Waals surface area (Å²) in [5.74, 6) is 1.04. The standard InChI is InChI=1S/C23H35N5O3/c1-14(2)30-23(29)28-8-7-27(12-16(28)4)13-20-10-15(3)9-19(17(20)5)11-21-25-26-22(31-21)18(6)24/h9-10,14,16,18H,7-8,11-13,24H2,1-6H3/t16-,18+/m0/s1. The minimum Gasteiger partial charge on any atom is -0.447 e. The van der Waals surface area contributed by atoms with Gasteiger partial charge in [0.25, 0.3) is 0 Å². The Morgan fingerprint density at radius 3 is 2.55 bits per heavy atom. The lowest BCUT2D eigenvalue weighted by Crippen LogP contribution is -2.54. The molecule has 3 rings (SSSR count). The first-order valence-electron chi connectivity index (χ1n) is 11.0. The molecule has 2 heterocycles. The molecule has 0 radical (unpaired) electrons. The molecule has 0 spiro atoms. The average Bonchev–Trinajstić information content (AvgIpc) is 3.14. The van der Waals surface area contributed by atoms with Crippen molar-refractivity contribution < 1.29 is 13.9 Å². The zero-order valence-electron chi connectivity index (χ0n) is 19.5. The van der Waals surface area contributed by atoms with Crippen molar-refractivity contribution >= 4 is 6.09 Å². The van der Waals surface area contributed by atoms with Crippen molar-refractivity contribution in [3.05, 3.63) is 46.2 Å². The van der Waals surface area contributed by atoms with Gasteiger partial charge in [-0.15, -0.1) is 10.2 Å². The molecule has 1 amide bonds. The predicted molar refractivity (Wildman–Crippen MR) is 119 cm³/mol. The van der Waals surface area contributed by atoms with Crippen LogP contribution in [0.3, 0.4) is 0 Å². The lowest BCUT2D eigenvalue weighted by atomic mass is 9.96. The van der Waals surface area contributed by atoms with Gasteiger partial charge in [0.2, 0.25) is 11.8 Å². The van der Waals surface area contributed by atoms with E-state index in [1.165, 1.54) is 22.3 Å². The summed E-state index contributed by atoms with van der Waals surface area (Å²) in [4.78, 5) is 16.5. The molecule has 1 aromatic carbocycles. The highest BCUT2D eigenvalue weighted by Crippen LogP contribution is 2.23. The van der Waals surface area contributed by atoms with Gasteiger partial charge in [-0.05, 0) is 58.2 Å². The Morgan fingerprint density at radius 2 is 1.94 bits per heavy atom. The summed E-state index contributed by atoms with van der Waals surface area (Å²) >= 11 is 0. The van der Waals surface area contributed by atoms with E-state index >= 15 is 0 Å². The average molecular weight is 430 g/mol. The molecule has 170 valence electrons. The highest BCUT2D eigenvalue weighted by molar-refractivity contribution is 5.68. The Morgan fingerprint density at radius 1 is 1.23 bits per heavy atom. The summed E-state index contributed by atoms with van der Waals surface area (Å²) in [5.41, 5.74) is 10.7. The van der Waals surface area contributed by atoms with Crippen LogP contribution in [-0.4, -0.2) is 57.9 Å². The van der Waals surface area contributed by atoms with Gasteiger partial charge in [0.15, 0.2) is 0 Å². The summed E-state index contributed by atoms with van der Waals surface area (Å²) in [6.45, 7) is 15.1. The summed E-state index contributed by atoms with van der Waals surface area (Å²) in [7, 11) is 0. The third kappa shape index (κ3) is 5.83. The smallest absolute Gasteiger partial charge is 0.410 e. The van der Waals surface area contributed by atoms with Crippen molar-refractivity contribution in [2.24, 2.45) is 5.73 Å². The summed E-state index contributed by atoms with van der Waals surface area (Å²) < 4.78 is 11.1. The maximum absolute atomic E-state index is 12.3. The van der Waals surface area contributed by atoms with Crippen LogP contribution in [0.4, 0.5) is 4.79 Å². The maximum Gasteiger partial charge on any atom is 0.410 e. The van der Waals surface area contributed by atoms with E-state index in [1.807, 2.05) is 25.7 Å². The first kappa shape index (κ1) is 23.2. The van der Waals surface area contributed by atoms with Gasteiger partial charge in [-0.1, -0.05) is 17.7 Å². The van der Waals surface area contributed by atoms with Crippen molar-refractivity contribution in [1.29, 1.82) is 0 Å². The Balaban J connectivity index is 1.69. The fourth-order valence-corrected chi connectivity index (χ4v) is 4.00. The largest absolute Gasteiger partial charge is 0.447 e. The van der Waals surface area contributed by atoms with E-state index < -0.39 is 0 Å². The number of amides is 1. The molecule has 0 saturated carbocycles. The number of carbonyl (C=O) groups is 1. The van der Waals surface area contributed by atoms with Crippen LogP contribution in [0, 0.1) is 13.8 Å². The molecule has 31 heavy (non-hydrogen) atoms. The number of rotatable bonds is 6. The fourth-order valence-electron chi connectivity index (χ4n) is 4.00. The van der Waals surface area contributed by atoms with Crippen molar-refractivity contribution in [3.8, 4) is 0 Å². The van der Waals surface area contributed by atoms with Crippen molar-refractivity contribution in [3.63, 3.8) is 0 Å². The number of piperazine rings is 1. The minimum atomic E-state index is -0.270. The van der Waals surface area contributed by atoms with Crippen LogP contribution in [0.25, 0.3) is 0 Å². The molecule has 2 atom stereocenters. The highest BCUT2D eigenvalue weighted by Gasteiger charge is 2.29. The van der Waals surface area contributed by atoms with Gasteiger partial charge in [0, 0.05) is 32.2 Å². The van der Waals surface area contributed by atoms with Gasteiger partial charge in [0.1, 0.15) is 0 Å². The molecule has 8 heteroatoms. The fraction of sp³-hybridized carbons (Fsp3) is 0.609. The van der Waals surface area contributed by atoms with E-state index in [1.54, 1.807) is 0 Å². The number of hydrogen-bond donors (Lipinski definition) is 1. The van der Waals surface area contributed by atoms with E-state index in [2.05, 4.69) is 48.0 Å². The molecule has 8 nitrogen and oxygen atoms in total. The Labute approximate surface area is 184 Å². The molecule has 0 aliphatic carbocycles. The lowest BCUT2D eigenvalue weighted by molar-refractivity contribution is 0.0349. The second-order valence-electron chi connectivity index (χ2n) is 8.92.